The molecular weight excluding hydrogens is 196 g/mol. The molecule has 1 aromatic rings. The first-order valence-corrected chi connectivity index (χ1v) is 4.03. The van der Waals surface area contributed by atoms with Gasteiger partial charge in [-0.15, -0.1) is 11.8 Å². The molecule has 0 saturated carbocycles. The molecule has 0 aliphatic heterocycles. The van der Waals surface area contributed by atoms with Crippen LogP contribution in [0.25, 0.3) is 0 Å². The highest BCUT2D eigenvalue weighted by Gasteiger charge is 1.92. The van der Waals surface area contributed by atoms with Crippen molar-refractivity contribution in [2.24, 2.45) is 0 Å². The summed E-state index contributed by atoms with van der Waals surface area (Å²) in [5.74, 6) is 0. The molecule has 0 aromatic heterocycles. The maximum Gasteiger partial charge on any atom is 0.0348 e. The average molecular weight is 206 g/mol. The molecule has 0 unspecified atom stereocenters. The molecule has 0 saturated heterocycles. The summed E-state index contributed by atoms with van der Waals surface area (Å²) in [7, 11) is 0. The first-order chi connectivity index (χ1) is 5.49. The van der Waals surface area contributed by atoms with Gasteiger partial charge in [0.1, 0.15) is 0 Å². The lowest BCUT2D eigenvalue weighted by atomic mass is 10.4. The topological polar surface area (TPSA) is 0 Å². The summed E-state index contributed by atoms with van der Waals surface area (Å²) in [6.07, 6.45) is -1.97. The molecule has 0 amide bonds. The number of hydrogen-bond donors (Lipinski definition) is 0. The molecule has 1 rings (SSSR count). The molecule has 48 valence electrons. The predicted molar refractivity (Wildman–Crippen MR) is 45.9 cm³/mol. The minimum Gasteiger partial charge on any atom is -0.128 e. The molecule has 0 aliphatic carbocycles. The Bertz CT molecular complexity index is 272. The molecule has 0 bridgehead atoms. The summed E-state index contributed by atoms with van der Waals surface area (Å²) < 4.78 is 21.9. The highest BCUT2D eigenvalue weighted by Crippen LogP contribution is 2.24. The van der Waals surface area contributed by atoms with E-state index in [0.717, 1.165) is 21.1 Å². The van der Waals surface area contributed by atoms with Crippen LogP contribution < -0.4 is 0 Å². The van der Waals surface area contributed by atoms with Crippen LogP contribution in [0.2, 0.25) is 0 Å². The Kier molecular flexibility index (Phi) is 1.47. The monoisotopic (exact) mass is 205 g/mol. The Morgan fingerprint density at radius 3 is 3.00 bits per heavy atom. The number of halogens is 1. The maximum atomic E-state index is 7.04. The maximum absolute atomic E-state index is 7.04. The Labute approximate surface area is 72.0 Å². The van der Waals surface area contributed by atoms with E-state index in [2.05, 4.69) is 15.9 Å². The number of hydrogen-bond acceptors (Lipinski definition) is 1. The van der Waals surface area contributed by atoms with Crippen LogP contribution in [0, 0.1) is 0 Å². The third kappa shape index (κ3) is 1.73. The van der Waals surface area contributed by atoms with E-state index < -0.39 is 6.18 Å². The van der Waals surface area contributed by atoms with Gasteiger partial charge in [-0.05, 0) is 34.2 Å². The Morgan fingerprint density at radius 1 is 1.56 bits per heavy atom. The molecule has 0 nitrogen and oxygen atoms in total. The molecule has 0 aliphatic rings. The van der Waals surface area contributed by atoms with Gasteiger partial charge in [0.2, 0.25) is 0 Å². The Hall–Kier alpha value is 0.0500. The Morgan fingerprint density at radius 2 is 2.33 bits per heavy atom. The highest BCUT2D eigenvalue weighted by molar-refractivity contribution is 9.10. The Balaban J connectivity index is 2.83. The van der Waals surface area contributed by atoms with Crippen molar-refractivity contribution in [1.29, 1.82) is 0 Å². The number of rotatable bonds is 1. The van der Waals surface area contributed by atoms with E-state index >= 15 is 0 Å². The van der Waals surface area contributed by atoms with Crippen molar-refractivity contribution in [3.05, 3.63) is 28.7 Å². The summed E-state index contributed by atoms with van der Waals surface area (Å²) in [6, 6.07) is 7.28. The average Bonchev–Trinajstić information content (AvgIpc) is 1.91. The molecule has 2 heteroatoms. The van der Waals surface area contributed by atoms with Crippen LogP contribution in [0.4, 0.5) is 0 Å². The summed E-state index contributed by atoms with van der Waals surface area (Å²) in [4.78, 5) is 0.748. The van der Waals surface area contributed by atoms with Crippen molar-refractivity contribution in [2.45, 2.75) is 4.90 Å². The zero-order chi connectivity index (χ0) is 9.19. The van der Waals surface area contributed by atoms with E-state index in [0.29, 0.717) is 0 Å². The summed E-state index contributed by atoms with van der Waals surface area (Å²) in [6.45, 7) is 0. The summed E-state index contributed by atoms with van der Waals surface area (Å²) in [5, 5.41) is 0. The number of thioether (sulfide) groups is 1. The van der Waals surface area contributed by atoms with Gasteiger partial charge < -0.3 is 0 Å². The quantitative estimate of drug-likeness (QED) is 0.636. The lowest BCUT2D eigenvalue weighted by Crippen LogP contribution is -1.68. The van der Waals surface area contributed by atoms with Gasteiger partial charge in [-0.2, -0.15) is 0 Å². The minimum atomic E-state index is -1.97. The molecule has 0 radical (unpaired) electrons. The second kappa shape index (κ2) is 3.28. The van der Waals surface area contributed by atoms with Gasteiger partial charge in [0.05, 0.1) is 0 Å². The normalized spacial score (nSPS) is 15.9. The second-order valence-corrected chi connectivity index (χ2v) is 3.03. The van der Waals surface area contributed by atoms with Gasteiger partial charge in [-0.25, -0.2) is 0 Å². The molecule has 9 heavy (non-hydrogen) atoms. The second-order valence-electron chi connectivity index (χ2n) is 1.53. The van der Waals surface area contributed by atoms with E-state index in [1.807, 2.05) is 18.2 Å². The third-order valence-corrected chi connectivity index (χ3v) is 2.48. The first kappa shape index (κ1) is 4.04. The van der Waals surface area contributed by atoms with Crippen LogP contribution >= 0.6 is 27.7 Å². The van der Waals surface area contributed by atoms with E-state index in [-0.39, 0.29) is 0 Å². The predicted octanol–water partition coefficient (Wildman–Crippen LogP) is 3.17. The summed E-state index contributed by atoms with van der Waals surface area (Å²) in [5.41, 5.74) is 0. The fourth-order valence-corrected chi connectivity index (χ4v) is 1.37. The van der Waals surface area contributed by atoms with Gasteiger partial charge >= 0.3 is 0 Å². The summed E-state index contributed by atoms with van der Waals surface area (Å²) >= 11 is 4.16. The van der Waals surface area contributed by atoms with Gasteiger partial charge in [-0.3, -0.25) is 0 Å². The highest BCUT2D eigenvalue weighted by atomic mass is 79.9. The lowest BCUT2D eigenvalue weighted by molar-refractivity contribution is 1.41. The fourth-order valence-electron chi connectivity index (χ4n) is 0.528. The van der Waals surface area contributed by atoms with Crippen molar-refractivity contribution in [3.8, 4) is 0 Å². The molecule has 0 spiro atoms. The van der Waals surface area contributed by atoms with Crippen molar-refractivity contribution in [1.82, 2.24) is 0 Å². The zero-order valence-corrected chi connectivity index (χ0v) is 7.00. The van der Waals surface area contributed by atoms with Gasteiger partial charge in [0, 0.05) is 13.5 Å². The SMILES string of the molecule is [2H]C([2H])([2H])Sc1ccccc1Br. The molecular formula is C7H7BrS. The van der Waals surface area contributed by atoms with E-state index in [9.17, 15) is 0 Å². The smallest absolute Gasteiger partial charge is 0.0348 e. The first-order valence-electron chi connectivity index (χ1n) is 3.92. The zero-order valence-electron chi connectivity index (χ0n) is 7.60. The van der Waals surface area contributed by atoms with Crippen LogP contribution in [0.5, 0.6) is 0 Å². The van der Waals surface area contributed by atoms with Gasteiger partial charge in [0.25, 0.3) is 0 Å². The molecule has 0 N–H and O–H groups in total. The third-order valence-electron chi connectivity index (χ3n) is 0.947. The van der Waals surface area contributed by atoms with E-state index in [4.69, 9.17) is 4.11 Å². The lowest BCUT2D eigenvalue weighted by Gasteiger charge is -1.96. The van der Waals surface area contributed by atoms with Crippen LogP contribution in [-0.4, -0.2) is 6.18 Å². The van der Waals surface area contributed by atoms with Crippen molar-refractivity contribution in [3.63, 3.8) is 0 Å². The largest absolute Gasteiger partial charge is 0.128 e. The van der Waals surface area contributed by atoms with E-state index in [1.54, 1.807) is 6.07 Å². The van der Waals surface area contributed by atoms with Gasteiger partial charge in [0.15, 0.2) is 0 Å². The van der Waals surface area contributed by atoms with Crippen molar-refractivity contribution < 1.29 is 4.11 Å². The van der Waals surface area contributed by atoms with Gasteiger partial charge in [-0.1, -0.05) is 12.1 Å². The van der Waals surface area contributed by atoms with Crippen LogP contribution in [-0.2, 0) is 0 Å². The molecule has 0 fully saturated rings. The standard InChI is InChI=1S/C7H7BrS/c1-9-7-5-3-2-4-6(7)8/h2-5H,1H3/i1D3. The molecule has 0 atom stereocenters. The molecule has 0 heterocycles. The fraction of sp³-hybridized carbons (Fsp3) is 0.143. The van der Waals surface area contributed by atoms with Crippen molar-refractivity contribution in [2.75, 3.05) is 6.18 Å². The van der Waals surface area contributed by atoms with Crippen molar-refractivity contribution >= 4 is 27.7 Å². The molecule has 1 aromatic carbocycles. The van der Waals surface area contributed by atoms with E-state index in [1.165, 1.54) is 0 Å². The van der Waals surface area contributed by atoms with Crippen LogP contribution in [0.3, 0.4) is 0 Å². The van der Waals surface area contributed by atoms with Crippen LogP contribution in [0.1, 0.15) is 4.11 Å². The van der Waals surface area contributed by atoms with Crippen LogP contribution in [0.15, 0.2) is 33.6 Å². The number of benzene rings is 1. The minimum absolute atomic E-state index is 0.748.